The van der Waals surface area contributed by atoms with Crippen molar-refractivity contribution in [1.82, 2.24) is 10.2 Å². The Kier molecular flexibility index (Phi) is 8.62. The summed E-state index contributed by atoms with van der Waals surface area (Å²) < 4.78 is 1.30. The highest BCUT2D eigenvalue weighted by molar-refractivity contribution is 8.04. The highest BCUT2D eigenvalue weighted by Gasteiger charge is 2.20. The van der Waals surface area contributed by atoms with E-state index >= 15 is 0 Å². The maximum atomic E-state index is 12.4. The molecular weight excluding hydrogens is 495 g/mol. The van der Waals surface area contributed by atoms with E-state index < -0.39 is 0 Å². The van der Waals surface area contributed by atoms with E-state index in [-0.39, 0.29) is 22.3 Å². The SMILES string of the molecule is C[C@H](Sc1nnc(S[C@H](C)C(=O)Nc2cccc(Cl)c2)s1)C(=O)Nc1cccc(Cl)c1. The Morgan fingerprint density at radius 3 is 1.65 bits per heavy atom. The Bertz CT molecular complexity index is 998. The van der Waals surface area contributed by atoms with Crippen LogP contribution in [0.25, 0.3) is 0 Å². The third-order valence-electron chi connectivity index (χ3n) is 3.87. The van der Waals surface area contributed by atoms with Crippen molar-refractivity contribution in [1.29, 1.82) is 0 Å². The smallest absolute Gasteiger partial charge is 0.237 e. The van der Waals surface area contributed by atoms with Crippen molar-refractivity contribution in [2.24, 2.45) is 0 Å². The molecular formula is C20H18Cl2N4O2S3. The molecule has 162 valence electrons. The molecule has 0 radical (unpaired) electrons. The minimum Gasteiger partial charge on any atom is -0.325 e. The van der Waals surface area contributed by atoms with Crippen LogP contribution in [0, 0.1) is 0 Å². The average molecular weight is 513 g/mol. The van der Waals surface area contributed by atoms with Crippen LogP contribution in [-0.2, 0) is 9.59 Å². The van der Waals surface area contributed by atoms with Gasteiger partial charge in [0.25, 0.3) is 0 Å². The summed E-state index contributed by atoms with van der Waals surface area (Å²) >= 11 is 15.9. The van der Waals surface area contributed by atoms with E-state index in [1.807, 2.05) is 0 Å². The number of amides is 2. The van der Waals surface area contributed by atoms with Crippen molar-refractivity contribution in [3.05, 3.63) is 58.6 Å². The monoisotopic (exact) mass is 512 g/mol. The Hall–Kier alpha value is -1.78. The van der Waals surface area contributed by atoms with E-state index in [9.17, 15) is 9.59 Å². The summed E-state index contributed by atoms with van der Waals surface area (Å²) in [6, 6.07) is 14.0. The molecule has 0 spiro atoms. The van der Waals surface area contributed by atoms with Crippen LogP contribution in [0.3, 0.4) is 0 Å². The van der Waals surface area contributed by atoms with E-state index in [1.54, 1.807) is 62.4 Å². The molecule has 3 aromatic rings. The van der Waals surface area contributed by atoms with Crippen molar-refractivity contribution in [2.45, 2.75) is 33.0 Å². The second kappa shape index (κ2) is 11.2. The molecule has 2 N–H and O–H groups in total. The molecule has 0 bridgehead atoms. The highest BCUT2D eigenvalue weighted by atomic mass is 35.5. The van der Waals surface area contributed by atoms with Crippen LogP contribution in [0.15, 0.2) is 57.2 Å². The molecule has 2 atom stereocenters. The number of rotatable bonds is 8. The number of hydrogen-bond donors (Lipinski definition) is 2. The number of carbonyl (C=O) groups excluding carboxylic acids is 2. The van der Waals surface area contributed by atoms with Gasteiger partial charge in [-0.1, -0.05) is 70.2 Å². The Balaban J connectivity index is 1.52. The Morgan fingerprint density at radius 2 is 1.26 bits per heavy atom. The van der Waals surface area contributed by atoms with Crippen LogP contribution in [-0.4, -0.2) is 32.5 Å². The summed E-state index contributed by atoms with van der Waals surface area (Å²) in [6.07, 6.45) is 0. The largest absolute Gasteiger partial charge is 0.325 e. The van der Waals surface area contributed by atoms with Gasteiger partial charge in [0.2, 0.25) is 11.8 Å². The first-order chi connectivity index (χ1) is 14.8. The van der Waals surface area contributed by atoms with Crippen molar-refractivity contribution >= 4 is 81.3 Å². The molecule has 0 saturated heterocycles. The summed E-state index contributed by atoms with van der Waals surface area (Å²) in [6.45, 7) is 3.58. The van der Waals surface area contributed by atoms with Gasteiger partial charge in [-0.2, -0.15) is 0 Å². The normalized spacial score (nSPS) is 12.8. The molecule has 0 aliphatic rings. The van der Waals surface area contributed by atoms with Crippen molar-refractivity contribution < 1.29 is 9.59 Å². The summed E-state index contributed by atoms with van der Waals surface area (Å²) in [5, 5.41) is 14.3. The lowest BCUT2D eigenvalue weighted by Gasteiger charge is -2.10. The molecule has 3 rings (SSSR count). The fraction of sp³-hybridized carbons (Fsp3) is 0.200. The predicted octanol–water partition coefficient (Wildman–Crippen LogP) is 6.08. The van der Waals surface area contributed by atoms with Crippen molar-refractivity contribution in [2.75, 3.05) is 10.6 Å². The zero-order valence-corrected chi connectivity index (χ0v) is 20.4. The molecule has 11 heteroatoms. The van der Waals surface area contributed by atoms with Gasteiger partial charge in [0.05, 0.1) is 10.5 Å². The van der Waals surface area contributed by atoms with Gasteiger partial charge >= 0.3 is 0 Å². The van der Waals surface area contributed by atoms with E-state index in [4.69, 9.17) is 23.2 Å². The molecule has 6 nitrogen and oxygen atoms in total. The summed E-state index contributed by atoms with van der Waals surface area (Å²) in [5.74, 6) is -0.322. The molecule has 2 aromatic carbocycles. The summed E-state index contributed by atoms with van der Waals surface area (Å²) in [7, 11) is 0. The number of thioether (sulfide) groups is 2. The molecule has 0 aliphatic carbocycles. The first kappa shape index (κ1) is 23.9. The maximum Gasteiger partial charge on any atom is 0.237 e. The molecule has 31 heavy (non-hydrogen) atoms. The van der Waals surface area contributed by atoms with Gasteiger partial charge in [0.1, 0.15) is 0 Å². The predicted molar refractivity (Wildman–Crippen MR) is 131 cm³/mol. The van der Waals surface area contributed by atoms with Gasteiger partial charge in [0, 0.05) is 21.4 Å². The summed E-state index contributed by atoms with van der Waals surface area (Å²) in [4.78, 5) is 24.8. The molecule has 0 aliphatic heterocycles. The Morgan fingerprint density at radius 1 is 0.839 bits per heavy atom. The van der Waals surface area contributed by atoms with Crippen molar-refractivity contribution in [3.63, 3.8) is 0 Å². The zero-order chi connectivity index (χ0) is 22.4. The average Bonchev–Trinajstić information content (AvgIpc) is 3.14. The van der Waals surface area contributed by atoms with Crippen LogP contribution < -0.4 is 10.6 Å². The number of benzene rings is 2. The lowest BCUT2D eigenvalue weighted by molar-refractivity contribution is -0.116. The first-order valence-corrected chi connectivity index (χ1v) is 12.4. The molecule has 2 amide bonds. The number of aromatic nitrogens is 2. The third kappa shape index (κ3) is 7.40. The second-order valence-electron chi connectivity index (χ2n) is 6.35. The molecule has 1 aromatic heterocycles. The number of halogens is 2. The maximum absolute atomic E-state index is 12.4. The standard InChI is InChI=1S/C20H18Cl2N4O2S3/c1-11(17(27)23-15-7-3-5-13(21)9-15)29-19-25-26-20(31-19)30-12(2)18(28)24-16-8-4-6-14(22)10-16/h3-12H,1-2H3,(H,23,27)(H,24,28)/t11-,12+. The lowest BCUT2D eigenvalue weighted by Crippen LogP contribution is -2.22. The zero-order valence-electron chi connectivity index (χ0n) is 16.5. The van der Waals surface area contributed by atoms with E-state index in [0.717, 1.165) is 0 Å². The molecule has 0 unspecified atom stereocenters. The first-order valence-electron chi connectivity index (χ1n) is 9.10. The topological polar surface area (TPSA) is 84.0 Å². The van der Waals surface area contributed by atoms with Gasteiger partial charge in [-0.3, -0.25) is 9.59 Å². The fourth-order valence-electron chi connectivity index (χ4n) is 2.32. The minimum absolute atomic E-state index is 0.161. The highest BCUT2D eigenvalue weighted by Crippen LogP contribution is 2.33. The number of nitrogens with zero attached hydrogens (tertiary/aromatic N) is 2. The van der Waals surface area contributed by atoms with Crippen LogP contribution in [0.4, 0.5) is 11.4 Å². The quantitative estimate of drug-likeness (QED) is 0.355. The van der Waals surface area contributed by atoms with Crippen LogP contribution in [0.2, 0.25) is 10.0 Å². The van der Waals surface area contributed by atoms with Gasteiger partial charge < -0.3 is 10.6 Å². The lowest BCUT2D eigenvalue weighted by atomic mass is 10.3. The molecule has 0 saturated carbocycles. The third-order valence-corrected chi connectivity index (χ3v) is 7.63. The van der Waals surface area contributed by atoms with Gasteiger partial charge in [-0.15, -0.1) is 10.2 Å². The van der Waals surface area contributed by atoms with E-state index in [2.05, 4.69) is 20.8 Å². The molecule has 1 heterocycles. The number of carbonyl (C=O) groups is 2. The number of nitrogens with one attached hydrogen (secondary N) is 2. The van der Waals surface area contributed by atoms with Gasteiger partial charge in [0.15, 0.2) is 8.68 Å². The van der Waals surface area contributed by atoms with Crippen LogP contribution in [0.1, 0.15) is 13.8 Å². The minimum atomic E-state index is -0.381. The van der Waals surface area contributed by atoms with Gasteiger partial charge in [-0.05, 0) is 50.2 Å². The second-order valence-corrected chi connectivity index (χ2v) is 11.4. The molecule has 0 fully saturated rings. The summed E-state index contributed by atoms with van der Waals surface area (Å²) in [5.41, 5.74) is 1.27. The van der Waals surface area contributed by atoms with Gasteiger partial charge in [-0.25, -0.2) is 0 Å². The number of hydrogen-bond acceptors (Lipinski definition) is 7. The van der Waals surface area contributed by atoms with Crippen molar-refractivity contribution in [3.8, 4) is 0 Å². The Labute approximate surface area is 202 Å². The number of anilines is 2. The van der Waals surface area contributed by atoms with E-state index in [0.29, 0.717) is 30.1 Å². The van der Waals surface area contributed by atoms with E-state index in [1.165, 1.54) is 34.9 Å². The fourth-order valence-corrected chi connectivity index (χ4v) is 6.01. The van der Waals surface area contributed by atoms with Crippen LogP contribution >= 0.6 is 58.1 Å². The van der Waals surface area contributed by atoms with Crippen LogP contribution in [0.5, 0.6) is 0 Å².